The van der Waals surface area contributed by atoms with Gasteiger partial charge in [0, 0.05) is 25.0 Å². The Morgan fingerprint density at radius 1 is 1.61 bits per heavy atom. The minimum Gasteiger partial charge on any atom is -0.359 e. The van der Waals surface area contributed by atoms with Crippen molar-refractivity contribution in [2.45, 2.75) is 45.2 Å². The SMILES string of the molecule is CC(C)C(C)(CN)Nc1nccn(C2CC2)c1=O. The fourth-order valence-electron chi connectivity index (χ4n) is 1.85. The zero-order valence-corrected chi connectivity index (χ0v) is 11.3. The Morgan fingerprint density at radius 3 is 2.78 bits per heavy atom. The maximum Gasteiger partial charge on any atom is 0.293 e. The molecule has 1 fully saturated rings. The lowest BCUT2D eigenvalue weighted by molar-refractivity contribution is 0.380. The van der Waals surface area contributed by atoms with E-state index in [9.17, 15) is 4.79 Å². The van der Waals surface area contributed by atoms with E-state index >= 15 is 0 Å². The largest absolute Gasteiger partial charge is 0.359 e. The molecule has 0 radical (unpaired) electrons. The van der Waals surface area contributed by atoms with E-state index in [2.05, 4.69) is 24.1 Å². The molecular formula is C13H22N4O. The van der Waals surface area contributed by atoms with Crippen LogP contribution in [0.4, 0.5) is 5.82 Å². The summed E-state index contributed by atoms with van der Waals surface area (Å²) in [7, 11) is 0. The Labute approximate surface area is 107 Å². The van der Waals surface area contributed by atoms with Gasteiger partial charge >= 0.3 is 0 Å². The number of hydrogen-bond donors (Lipinski definition) is 2. The molecule has 1 aliphatic rings. The van der Waals surface area contributed by atoms with Gasteiger partial charge in [-0.1, -0.05) is 13.8 Å². The van der Waals surface area contributed by atoms with E-state index in [1.54, 1.807) is 17.0 Å². The lowest BCUT2D eigenvalue weighted by Crippen LogP contribution is -2.48. The Balaban J connectivity index is 2.29. The van der Waals surface area contributed by atoms with Crippen LogP contribution < -0.4 is 16.6 Å². The minimum atomic E-state index is -0.311. The predicted octanol–water partition coefficient (Wildman–Crippen LogP) is 1.36. The quantitative estimate of drug-likeness (QED) is 0.827. The van der Waals surface area contributed by atoms with Crippen molar-refractivity contribution in [3.05, 3.63) is 22.7 Å². The fourth-order valence-corrected chi connectivity index (χ4v) is 1.85. The van der Waals surface area contributed by atoms with Gasteiger partial charge < -0.3 is 15.6 Å². The van der Waals surface area contributed by atoms with Gasteiger partial charge in [-0.25, -0.2) is 4.98 Å². The number of anilines is 1. The lowest BCUT2D eigenvalue weighted by atomic mass is 9.88. The number of nitrogens with zero attached hydrogens (tertiary/aromatic N) is 2. The molecule has 100 valence electrons. The van der Waals surface area contributed by atoms with Crippen molar-refractivity contribution in [3.63, 3.8) is 0 Å². The highest BCUT2D eigenvalue weighted by Gasteiger charge is 2.30. The Bertz CT molecular complexity index is 478. The molecule has 2 rings (SSSR count). The van der Waals surface area contributed by atoms with Gasteiger partial charge in [-0.15, -0.1) is 0 Å². The average molecular weight is 250 g/mol. The van der Waals surface area contributed by atoms with Gasteiger partial charge in [0.25, 0.3) is 5.56 Å². The van der Waals surface area contributed by atoms with Crippen LogP contribution in [-0.4, -0.2) is 21.6 Å². The van der Waals surface area contributed by atoms with Gasteiger partial charge in [-0.3, -0.25) is 4.79 Å². The molecule has 1 aromatic rings. The van der Waals surface area contributed by atoms with Gasteiger partial charge in [0.15, 0.2) is 5.82 Å². The minimum absolute atomic E-state index is 0.0414. The normalized spacial score (nSPS) is 18.7. The Hall–Kier alpha value is -1.36. The molecule has 1 aromatic heterocycles. The average Bonchev–Trinajstić information content (AvgIpc) is 3.15. The summed E-state index contributed by atoms with van der Waals surface area (Å²) >= 11 is 0. The zero-order valence-electron chi connectivity index (χ0n) is 11.3. The summed E-state index contributed by atoms with van der Waals surface area (Å²) < 4.78 is 1.77. The summed E-state index contributed by atoms with van der Waals surface area (Å²) in [4.78, 5) is 16.4. The first kappa shape index (κ1) is 13.1. The molecule has 0 bridgehead atoms. The van der Waals surface area contributed by atoms with Crippen molar-refractivity contribution < 1.29 is 0 Å². The molecule has 0 aliphatic heterocycles. The van der Waals surface area contributed by atoms with Gasteiger partial charge in [-0.2, -0.15) is 0 Å². The molecule has 0 aromatic carbocycles. The van der Waals surface area contributed by atoms with E-state index in [0.717, 1.165) is 12.8 Å². The molecule has 18 heavy (non-hydrogen) atoms. The van der Waals surface area contributed by atoms with Crippen molar-refractivity contribution in [3.8, 4) is 0 Å². The first-order valence-electron chi connectivity index (χ1n) is 6.53. The molecule has 5 heteroatoms. The van der Waals surface area contributed by atoms with E-state index in [0.29, 0.717) is 24.3 Å². The molecule has 5 nitrogen and oxygen atoms in total. The van der Waals surface area contributed by atoms with Crippen LogP contribution in [0.5, 0.6) is 0 Å². The van der Waals surface area contributed by atoms with Gasteiger partial charge in [0.1, 0.15) is 0 Å². The third-order valence-electron chi connectivity index (χ3n) is 3.91. The highest BCUT2D eigenvalue weighted by molar-refractivity contribution is 5.35. The maximum atomic E-state index is 12.3. The van der Waals surface area contributed by atoms with E-state index in [1.807, 2.05) is 6.92 Å². The molecular weight excluding hydrogens is 228 g/mol. The third kappa shape index (κ3) is 2.41. The summed E-state index contributed by atoms with van der Waals surface area (Å²) in [6.07, 6.45) is 5.61. The summed E-state index contributed by atoms with van der Waals surface area (Å²) in [5.74, 6) is 0.726. The van der Waals surface area contributed by atoms with Crippen LogP contribution in [0.2, 0.25) is 0 Å². The number of nitrogens with one attached hydrogen (secondary N) is 1. The standard InChI is InChI=1S/C13H22N4O/c1-9(2)13(3,8-14)16-11-12(18)17(7-6-15-11)10-4-5-10/h6-7,9-10H,4-5,8,14H2,1-3H3,(H,15,16). The fraction of sp³-hybridized carbons (Fsp3) is 0.692. The summed E-state index contributed by atoms with van der Waals surface area (Å²) in [5, 5.41) is 3.23. The van der Waals surface area contributed by atoms with Crippen LogP contribution in [0, 0.1) is 5.92 Å². The van der Waals surface area contributed by atoms with E-state index < -0.39 is 0 Å². The molecule has 0 spiro atoms. The van der Waals surface area contributed by atoms with Crippen molar-refractivity contribution in [2.75, 3.05) is 11.9 Å². The lowest BCUT2D eigenvalue weighted by Gasteiger charge is -2.33. The van der Waals surface area contributed by atoms with Crippen molar-refractivity contribution in [2.24, 2.45) is 11.7 Å². The van der Waals surface area contributed by atoms with Crippen LogP contribution in [-0.2, 0) is 0 Å². The van der Waals surface area contributed by atoms with E-state index in [4.69, 9.17) is 5.73 Å². The number of aromatic nitrogens is 2. The molecule has 3 N–H and O–H groups in total. The topological polar surface area (TPSA) is 72.9 Å². The molecule has 0 amide bonds. The maximum absolute atomic E-state index is 12.3. The first-order chi connectivity index (χ1) is 8.48. The van der Waals surface area contributed by atoms with Crippen molar-refractivity contribution in [1.82, 2.24) is 9.55 Å². The number of nitrogens with two attached hydrogens (primary N) is 1. The molecule has 1 saturated carbocycles. The predicted molar refractivity (Wildman–Crippen MR) is 72.7 cm³/mol. The van der Waals surface area contributed by atoms with Gasteiger partial charge in [0.2, 0.25) is 0 Å². The van der Waals surface area contributed by atoms with Crippen LogP contribution in [0.25, 0.3) is 0 Å². The van der Waals surface area contributed by atoms with E-state index in [1.165, 1.54) is 0 Å². The van der Waals surface area contributed by atoms with Gasteiger partial charge in [-0.05, 0) is 25.7 Å². The third-order valence-corrected chi connectivity index (χ3v) is 3.91. The molecule has 0 saturated heterocycles. The van der Waals surface area contributed by atoms with Crippen molar-refractivity contribution >= 4 is 5.82 Å². The van der Waals surface area contributed by atoms with Crippen molar-refractivity contribution in [1.29, 1.82) is 0 Å². The monoisotopic (exact) mass is 250 g/mol. The first-order valence-corrected chi connectivity index (χ1v) is 6.53. The molecule has 1 aliphatic carbocycles. The van der Waals surface area contributed by atoms with Crippen LogP contribution in [0.3, 0.4) is 0 Å². The number of rotatable bonds is 5. The smallest absolute Gasteiger partial charge is 0.293 e. The Kier molecular flexibility index (Phi) is 3.43. The second-order valence-corrected chi connectivity index (χ2v) is 5.62. The van der Waals surface area contributed by atoms with Crippen LogP contribution in [0.1, 0.15) is 39.7 Å². The highest BCUT2D eigenvalue weighted by atomic mass is 16.1. The zero-order chi connectivity index (χ0) is 13.3. The molecule has 1 unspecified atom stereocenters. The van der Waals surface area contributed by atoms with Crippen LogP contribution in [0.15, 0.2) is 17.2 Å². The summed E-state index contributed by atoms with van der Waals surface area (Å²) in [6, 6.07) is 0.365. The number of hydrogen-bond acceptors (Lipinski definition) is 4. The van der Waals surface area contributed by atoms with Crippen LogP contribution >= 0.6 is 0 Å². The highest BCUT2D eigenvalue weighted by Crippen LogP contribution is 2.33. The summed E-state index contributed by atoms with van der Waals surface area (Å²) in [5.41, 5.74) is 5.46. The molecule has 1 atom stereocenters. The Morgan fingerprint density at radius 2 is 2.28 bits per heavy atom. The van der Waals surface area contributed by atoms with Gasteiger partial charge in [0.05, 0.1) is 5.54 Å². The second kappa shape index (κ2) is 4.72. The second-order valence-electron chi connectivity index (χ2n) is 5.62. The summed E-state index contributed by atoms with van der Waals surface area (Å²) in [6.45, 7) is 6.65. The van der Waals surface area contributed by atoms with E-state index in [-0.39, 0.29) is 11.1 Å². The molecule has 1 heterocycles.